The number of anilines is 1. The largest absolute Gasteiger partial charge is 1.00 e. The number of nitrogens with zero attached hydrogens (tertiary/aromatic N) is 2. The monoisotopic (exact) mass is 480 g/mol. The van der Waals surface area contributed by atoms with Crippen molar-refractivity contribution < 1.29 is 31.1 Å². The Hall–Kier alpha value is -2.57. The highest BCUT2D eigenvalue weighted by Crippen LogP contribution is 2.42. The molecule has 0 aliphatic carbocycles. The smallest absolute Gasteiger partial charge is 0.337 e. The van der Waals surface area contributed by atoms with E-state index in [2.05, 4.69) is 64.1 Å². The summed E-state index contributed by atoms with van der Waals surface area (Å²) in [6.45, 7) is 2.75. The predicted octanol–water partition coefficient (Wildman–Crippen LogP) is 1.42. The van der Waals surface area contributed by atoms with Gasteiger partial charge < -0.3 is 21.7 Å². The Bertz CT molecular complexity index is 1130. The molecule has 30 heavy (non-hydrogen) atoms. The molecular formula is C24H21BrN2O2S. The molecule has 0 unspecified atom stereocenters. The Kier molecular flexibility index (Phi) is 5.97. The number of benzene rings is 3. The summed E-state index contributed by atoms with van der Waals surface area (Å²) < 4.78 is 7.38. The van der Waals surface area contributed by atoms with E-state index in [1.165, 1.54) is 29.0 Å². The van der Waals surface area contributed by atoms with E-state index in [4.69, 9.17) is 4.74 Å². The van der Waals surface area contributed by atoms with Crippen LogP contribution < -0.4 is 21.9 Å². The maximum absolute atomic E-state index is 12.1. The molecule has 0 N–H and O–H groups in total. The zero-order valence-electron chi connectivity index (χ0n) is 16.5. The Labute approximate surface area is 190 Å². The normalized spacial score (nSPS) is 14.2. The minimum absolute atomic E-state index is 0. The number of fused-ring (bicyclic) bond motifs is 5. The van der Waals surface area contributed by atoms with Crippen molar-refractivity contribution in [1.29, 1.82) is 0 Å². The van der Waals surface area contributed by atoms with Crippen LogP contribution in [-0.2, 0) is 11.3 Å². The molecule has 0 bridgehead atoms. The lowest BCUT2D eigenvalue weighted by atomic mass is 10.1. The average Bonchev–Trinajstić information content (AvgIpc) is 3.11. The SMILES string of the molecule is COC(=O)c1ccc2c(c1)Sc1ccccc1C1=[N+](Cc3ccccc3)CCN12.[Br-]. The van der Waals surface area contributed by atoms with Gasteiger partial charge in [-0.25, -0.2) is 9.69 Å². The van der Waals surface area contributed by atoms with Crippen molar-refractivity contribution in [2.24, 2.45) is 0 Å². The molecule has 0 saturated carbocycles. The van der Waals surface area contributed by atoms with Gasteiger partial charge in [0.2, 0.25) is 0 Å². The van der Waals surface area contributed by atoms with Gasteiger partial charge >= 0.3 is 5.97 Å². The van der Waals surface area contributed by atoms with Crippen molar-refractivity contribution in [3.05, 3.63) is 89.5 Å². The molecule has 0 aromatic heterocycles. The Balaban J connectivity index is 0.00000218. The van der Waals surface area contributed by atoms with Crippen LogP contribution in [0.2, 0.25) is 0 Å². The molecule has 6 heteroatoms. The van der Waals surface area contributed by atoms with Crippen molar-refractivity contribution in [2.75, 3.05) is 25.1 Å². The van der Waals surface area contributed by atoms with Crippen LogP contribution >= 0.6 is 11.8 Å². The van der Waals surface area contributed by atoms with E-state index >= 15 is 0 Å². The summed E-state index contributed by atoms with van der Waals surface area (Å²) in [5.41, 5.74) is 4.27. The third-order valence-corrected chi connectivity index (χ3v) is 6.51. The van der Waals surface area contributed by atoms with Gasteiger partial charge in [0.25, 0.3) is 5.84 Å². The van der Waals surface area contributed by atoms with E-state index in [-0.39, 0.29) is 23.0 Å². The summed E-state index contributed by atoms with van der Waals surface area (Å²) >= 11 is 1.71. The second kappa shape index (κ2) is 8.66. The first-order chi connectivity index (χ1) is 14.2. The Morgan fingerprint density at radius 2 is 1.80 bits per heavy atom. The van der Waals surface area contributed by atoms with E-state index in [1.807, 2.05) is 18.2 Å². The molecule has 0 amide bonds. The Morgan fingerprint density at radius 1 is 1.03 bits per heavy atom. The summed E-state index contributed by atoms with van der Waals surface area (Å²) in [6.07, 6.45) is 0. The first-order valence-electron chi connectivity index (χ1n) is 9.67. The van der Waals surface area contributed by atoms with Crippen LogP contribution in [-0.4, -0.2) is 36.6 Å². The van der Waals surface area contributed by atoms with Crippen LogP contribution in [0, 0.1) is 0 Å². The van der Waals surface area contributed by atoms with Gasteiger partial charge in [-0.1, -0.05) is 54.2 Å². The van der Waals surface area contributed by atoms with Crippen molar-refractivity contribution in [3.63, 3.8) is 0 Å². The molecule has 0 atom stereocenters. The highest BCUT2D eigenvalue weighted by atomic mass is 79.9. The van der Waals surface area contributed by atoms with Crippen LogP contribution in [0.5, 0.6) is 0 Å². The summed E-state index contributed by atoms with van der Waals surface area (Å²) in [6, 6.07) is 25.0. The number of ether oxygens (including phenoxy) is 1. The lowest BCUT2D eigenvalue weighted by Crippen LogP contribution is -3.00. The van der Waals surface area contributed by atoms with Gasteiger partial charge in [0.05, 0.1) is 23.1 Å². The maximum atomic E-state index is 12.1. The molecule has 0 radical (unpaired) electrons. The van der Waals surface area contributed by atoms with Crippen LogP contribution in [0.1, 0.15) is 21.5 Å². The van der Waals surface area contributed by atoms with Crippen molar-refractivity contribution in [1.82, 2.24) is 0 Å². The molecule has 2 aliphatic heterocycles. The molecule has 0 spiro atoms. The number of esters is 1. The topological polar surface area (TPSA) is 32.6 Å². The van der Waals surface area contributed by atoms with Gasteiger partial charge in [0, 0.05) is 4.90 Å². The number of carbonyl (C=O) groups is 1. The number of methoxy groups -OCH3 is 1. The summed E-state index contributed by atoms with van der Waals surface area (Å²) in [7, 11) is 1.42. The highest BCUT2D eigenvalue weighted by molar-refractivity contribution is 7.99. The molecule has 2 heterocycles. The van der Waals surface area contributed by atoms with Gasteiger partial charge in [-0.3, -0.25) is 4.58 Å². The van der Waals surface area contributed by atoms with E-state index in [0.29, 0.717) is 5.56 Å². The molecule has 3 aromatic carbocycles. The molecule has 0 saturated heterocycles. The van der Waals surface area contributed by atoms with Gasteiger partial charge in [-0.15, -0.1) is 0 Å². The van der Waals surface area contributed by atoms with Gasteiger partial charge in [0.15, 0.2) is 0 Å². The molecule has 3 aromatic rings. The average molecular weight is 481 g/mol. The summed E-state index contributed by atoms with van der Waals surface area (Å²) in [5.74, 6) is 0.934. The molecule has 4 nitrogen and oxygen atoms in total. The number of hydrogen-bond acceptors (Lipinski definition) is 4. The lowest BCUT2D eigenvalue weighted by Gasteiger charge is -2.14. The van der Waals surface area contributed by atoms with Crippen molar-refractivity contribution >= 4 is 29.3 Å². The first kappa shape index (κ1) is 20.7. The fraction of sp³-hybridized carbons (Fsp3) is 0.167. The number of hydrogen-bond donors (Lipinski definition) is 0. The van der Waals surface area contributed by atoms with Gasteiger partial charge in [-0.05, 0) is 35.9 Å². The predicted molar refractivity (Wildman–Crippen MR) is 115 cm³/mol. The van der Waals surface area contributed by atoms with E-state index < -0.39 is 0 Å². The van der Waals surface area contributed by atoms with E-state index in [9.17, 15) is 4.79 Å². The molecule has 0 fully saturated rings. The fourth-order valence-electron chi connectivity index (χ4n) is 4.03. The van der Waals surface area contributed by atoms with Crippen molar-refractivity contribution in [2.45, 2.75) is 16.3 Å². The van der Waals surface area contributed by atoms with Gasteiger partial charge in [0.1, 0.15) is 25.3 Å². The van der Waals surface area contributed by atoms with E-state index in [0.717, 1.165) is 30.2 Å². The maximum Gasteiger partial charge on any atom is 0.337 e. The first-order valence-corrected chi connectivity index (χ1v) is 10.5. The van der Waals surface area contributed by atoms with Crippen LogP contribution in [0.3, 0.4) is 0 Å². The van der Waals surface area contributed by atoms with Crippen molar-refractivity contribution in [3.8, 4) is 0 Å². The number of amidine groups is 1. The quantitative estimate of drug-likeness (QED) is 0.419. The van der Waals surface area contributed by atoms with Crippen LogP contribution in [0.4, 0.5) is 5.69 Å². The summed E-state index contributed by atoms with van der Waals surface area (Å²) in [4.78, 5) is 16.7. The highest BCUT2D eigenvalue weighted by Gasteiger charge is 2.38. The number of halogens is 1. The molecule has 152 valence electrons. The minimum atomic E-state index is -0.303. The zero-order chi connectivity index (χ0) is 19.8. The van der Waals surface area contributed by atoms with Gasteiger partial charge in [-0.2, -0.15) is 0 Å². The Morgan fingerprint density at radius 3 is 2.60 bits per heavy atom. The molecule has 2 aliphatic rings. The molecule has 5 rings (SSSR count). The third kappa shape index (κ3) is 3.66. The third-order valence-electron chi connectivity index (χ3n) is 5.38. The number of rotatable bonds is 3. The van der Waals surface area contributed by atoms with E-state index in [1.54, 1.807) is 11.8 Å². The standard InChI is InChI=1S/C24H21N2O2S.BrH/c1-28-24(27)18-11-12-20-22(15-18)29-21-10-6-5-9-19(21)23-25(13-14-26(20)23)16-17-7-3-2-4-8-17;/h2-12,15H,13-14,16H2,1H3;1H/q+1;/p-1. The molecular weight excluding hydrogens is 460 g/mol. The fourth-order valence-corrected chi connectivity index (χ4v) is 5.16. The number of carbonyl (C=O) groups excluding carboxylic acids is 1. The van der Waals surface area contributed by atoms with Crippen LogP contribution in [0.25, 0.3) is 0 Å². The van der Waals surface area contributed by atoms with Crippen LogP contribution in [0.15, 0.2) is 82.6 Å². The second-order valence-corrected chi connectivity index (χ2v) is 8.24. The minimum Gasteiger partial charge on any atom is -1.00 e. The summed E-state index contributed by atoms with van der Waals surface area (Å²) in [5, 5.41) is 0. The zero-order valence-corrected chi connectivity index (χ0v) is 18.9. The second-order valence-electron chi connectivity index (χ2n) is 7.15. The lowest BCUT2D eigenvalue weighted by molar-refractivity contribution is -0.533.